The quantitative estimate of drug-likeness (QED) is 0.765. The normalized spacial score (nSPS) is 11.2. The van der Waals surface area contributed by atoms with Crippen LogP contribution in [0.3, 0.4) is 0 Å². The third kappa shape index (κ3) is 3.06. The van der Waals surface area contributed by atoms with Gasteiger partial charge in [0.25, 0.3) is 0 Å². The SMILES string of the molecule is CCCn1c(CBr)nnc1-c1ccc(C(C)C)cc1. The van der Waals surface area contributed by atoms with Crippen molar-refractivity contribution in [3.05, 3.63) is 35.7 Å². The molecule has 0 aliphatic heterocycles. The molecule has 3 nitrogen and oxygen atoms in total. The van der Waals surface area contributed by atoms with E-state index in [1.54, 1.807) is 0 Å². The highest BCUT2D eigenvalue weighted by molar-refractivity contribution is 9.08. The largest absolute Gasteiger partial charge is 0.310 e. The molecular formula is C15H20BrN3. The lowest BCUT2D eigenvalue weighted by molar-refractivity contribution is 0.661. The van der Waals surface area contributed by atoms with Gasteiger partial charge >= 0.3 is 0 Å². The molecule has 0 radical (unpaired) electrons. The minimum atomic E-state index is 0.556. The summed E-state index contributed by atoms with van der Waals surface area (Å²) in [4.78, 5) is 0. The van der Waals surface area contributed by atoms with Gasteiger partial charge in [0.1, 0.15) is 5.82 Å². The van der Waals surface area contributed by atoms with Gasteiger partial charge in [-0.2, -0.15) is 0 Å². The van der Waals surface area contributed by atoms with Crippen LogP contribution in [-0.2, 0) is 11.9 Å². The van der Waals surface area contributed by atoms with E-state index in [0.717, 1.165) is 35.5 Å². The van der Waals surface area contributed by atoms with Gasteiger partial charge in [0.05, 0.1) is 5.33 Å². The van der Waals surface area contributed by atoms with Crippen LogP contribution < -0.4 is 0 Å². The Labute approximate surface area is 123 Å². The van der Waals surface area contributed by atoms with Crippen molar-refractivity contribution in [3.63, 3.8) is 0 Å². The van der Waals surface area contributed by atoms with Crippen molar-refractivity contribution in [1.29, 1.82) is 0 Å². The number of halogens is 1. The lowest BCUT2D eigenvalue weighted by Crippen LogP contribution is -2.03. The predicted octanol–water partition coefficient (Wildman–Crippen LogP) is 4.37. The molecule has 0 saturated carbocycles. The number of hydrogen-bond donors (Lipinski definition) is 0. The minimum absolute atomic E-state index is 0.556. The minimum Gasteiger partial charge on any atom is -0.310 e. The number of nitrogens with zero attached hydrogens (tertiary/aromatic N) is 3. The molecule has 4 heteroatoms. The predicted molar refractivity (Wildman–Crippen MR) is 82.5 cm³/mol. The summed E-state index contributed by atoms with van der Waals surface area (Å²) in [5.41, 5.74) is 2.49. The van der Waals surface area contributed by atoms with E-state index in [1.807, 2.05) is 0 Å². The molecule has 1 aromatic heterocycles. The lowest BCUT2D eigenvalue weighted by Gasteiger charge is -2.09. The van der Waals surface area contributed by atoms with Gasteiger partial charge in [-0.1, -0.05) is 61.0 Å². The van der Waals surface area contributed by atoms with E-state index in [1.165, 1.54) is 5.56 Å². The fourth-order valence-corrected chi connectivity index (χ4v) is 2.54. The zero-order valence-electron chi connectivity index (χ0n) is 11.7. The van der Waals surface area contributed by atoms with Gasteiger partial charge in [-0.3, -0.25) is 0 Å². The Bertz CT molecular complexity index is 529. The first kappa shape index (κ1) is 14.3. The maximum Gasteiger partial charge on any atom is 0.163 e. The van der Waals surface area contributed by atoms with Gasteiger partial charge in [-0.25, -0.2) is 0 Å². The average molecular weight is 322 g/mol. The lowest BCUT2D eigenvalue weighted by atomic mass is 10.0. The smallest absolute Gasteiger partial charge is 0.163 e. The number of hydrogen-bond acceptors (Lipinski definition) is 2. The molecule has 19 heavy (non-hydrogen) atoms. The topological polar surface area (TPSA) is 30.7 Å². The standard InChI is InChI=1S/C15H20BrN3/c1-4-9-19-14(10-16)17-18-15(19)13-7-5-12(6-8-13)11(2)3/h5-8,11H,4,9-10H2,1-3H3. The van der Waals surface area contributed by atoms with Crippen LogP contribution in [0, 0.1) is 0 Å². The van der Waals surface area contributed by atoms with Gasteiger partial charge in [0, 0.05) is 12.1 Å². The van der Waals surface area contributed by atoms with Gasteiger partial charge in [0.15, 0.2) is 5.82 Å². The molecule has 0 aliphatic rings. The molecule has 0 amide bonds. The van der Waals surface area contributed by atoms with E-state index >= 15 is 0 Å². The summed E-state index contributed by atoms with van der Waals surface area (Å²) >= 11 is 3.47. The zero-order valence-corrected chi connectivity index (χ0v) is 13.3. The van der Waals surface area contributed by atoms with Crippen molar-refractivity contribution >= 4 is 15.9 Å². The maximum atomic E-state index is 4.33. The van der Waals surface area contributed by atoms with Crippen molar-refractivity contribution in [1.82, 2.24) is 14.8 Å². The van der Waals surface area contributed by atoms with E-state index in [2.05, 4.69) is 75.7 Å². The van der Waals surface area contributed by atoms with Crippen LogP contribution in [0.4, 0.5) is 0 Å². The van der Waals surface area contributed by atoms with Gasteiger partial charge in [0.2, 0.25) is 0 Å². The first-order valence-electron chi connectivity index (χ1n) is 6.75. The van der Waals surface area contributed by atoms with E-state index in [0.29, 0.717) is 5.92 Å². The van der Waals surface area contributed by atoms with Crippen LogP contribution in [0.2, 0.25) is 0 Å². The number of benzene rings is 1. The summed E-state index contributed by atoms with van der Waals surface area (Å²) < 4.78 is 2.19. The molecule has 2 aromatic rings. The maximum absolute atomic E-state index is 4.33. The monoisotopic (exact) mass is 321 g/mol. The first-order valence-corrected chi connectivity index (χ1v) is 7.87. The second-order valence-corrected chi connectivity index (χ2v) is 5.56. The van der Waals surface area contributed by atoms with E-state index in [9.17, 15) is 0 Å². The summed E-state index contributed by atoms with van der Waals surface area (Å²) in [6.07, 6.45) is 1.08. The third-order valence-corrected chi connectivity index (χ3v) is 3.73. The third-order valence-electron chi connectivity index (χ3n) is 3.23. The molecule has 0 unspecified atom stereocenters. The van der Waals surface area contributed by atoms with Gasteiger partial charge in [-0.05, 0) is 17.9 Å². The summed E-state index contributed by atoms with van der Waals surface area (Å²) in [6.45, 7) is 7.54. The van der Waals surface area contributed by atoms with Crippen LogP contribution in [-0.4, -0.2) is 14.8 Å². The fourth-order valence-electron chi connectivity index (χ4n) is 2.12. The molecule has 0 saturated heterocycles. The first-order chi connectivity index (χ1) is 9.17. The number of aromatic nitrogens is 3. The molecule has 0 aliphatic carbocycles. The second-order valence-electron chi connectivity index (χ2n) is 5.00. The van der Waals surface area contributed by atoms with Crippen LogP contribution in [0.25, 0.3) is 11.4 Å². The van der Waals surface area contributed by atoms with Crippen LogP contribution in [0.5, 0.6) is 0 Å². The van der Waals surface area contributed by atoms with E-state index < -0.39 is 0 Å². The average Bonchev–Trinajstić information content (AvgIpc) is 2.82. The molecule has 1 heterocycles. The molecule has 0 bridgehead atoms. The van der Waals surface area contributed by atoms with Crippen molar-refractivity contribution in [2.24, 2.45) is 0 Å². The Hall–Kier alpha value is -1.16. The highest BCUT2D eigenvalue weighted by atomic mass is 79.9. The molecule has 0 fully saturated rings. The summed E-state index contributed by atoms with van der Waals surface area (Å²) in [5, 5.41) is 9.33. The van der Waals surface area contributed by atoms with Crippen molar-refractivity contribution < 1.29 is 0 Å². The van der Waals surface area contributed by atoms with Gasteiger partial charge in [-0.15, -0.1) is 10.2 Å². The highest BCUT2D eigenvalue weighted by Crippen LogP contribution is 2.23. The van der Waals surface area contributed by atoms with E-state index in [4.69, 9.17) is 0 Å². The summed E-state index contributed by atoms with van der Waals surface area (Å²) in [5.74, 6) is 2.51. The molecule has 2 rings (SSSR count). The Morgan fingerprint density at radius 2 is 1.84 bits per heavy atom. The molecule has 0 N–H and O–H groups in total. The molecule has 102 valence electrons. The Morgan fingerprint density at radius 1 is 1.16 bits per heavy atom. The van der Waals surface area contributed by atoms with Crippen molar-refractivity contribution in [2.75, 3.05) is 0 Å². The van der Waals surface area contributed by atoms with E-state index in [-0.39, 0.29) is 0 Å². The van der Waals surface area contributed by atoms with Crippen LogP contribution >= 0.6 is 15.9 Å². The van der Waals surface area contributed by atoms with Crippen LogP contribution in [0.15, 0.2) is 24.3 Å². The molecule has 1 aromatic carbocycles. The Kier molecular flexibility index (Phi) is 4.75. The zero-order chi connectivity index (χ0) is 13.8. The highest BCUT2D eigenvalue weighted by Gasteiger charge is 2.12. The van der Waals surface area contributed by atoms with Crippen molar-refractivity contribution in [2.45, 2.75) is 45.0 Å². The Balaban J connectivity index is 2.38. The van der Waals surface area contributed by atoms with Crippen molar-refractivity contribution in [3.8, 4) is 11.4 Å². The second kappa shape index (κ2) is 6.33. The van der Waals surface area contributed by atoms with Gasteiger partial charge < -0.3 is 4.57 Å². The number of alkyl halides is 1. The Morgan fingerprint density at radius 3 is 2.37 bits per heavy atom. The molecule has 0 spiro atoms. The van der Waals surface area contributed by atoms with Crippen LogP contribution in [0.1, 0.15) is 44.5 Å². The number of rotatable bonds is 5. The molecular weight excluding hydrogens is 302 g/mol. The summed E-state index contributed by atoms with van der Waals surface area (Å²) in [7, 11) is 0. The fraction of sp³-hybridized carbons (Fsp3) is 0.467. The molecule has 0 atom stereocenters. The summed E-state index contributed by atoms with van der Waals surface area (Å²) in [6, 6.07) is 8.64.